The Morgan fingerprint density at radius 3 is 2.60 bits per heavy atom. The van der Waals surface area contributed by atoms with Crippen LogP contribution in [0.1, 0.15) is 36.6 Å². The first-order valence-electron chi connectivity index (χ1n) is 10.0. The molecule has 1 heterocycles. The fourth-order valence-corrected chi connectivity index (χ4v) is 4.13. The van der Waals surface area contributed by atoms with Gasteiger partial charge < -0.3 is 14.8 Å². The molecule has 2 aromatic rings. The molecule has 3 rings (SSSR count). The summed E-state index contributed by atoms with van der Waals surface area (Å²) in [6.45, 7) is 4.59. The average molecular weight is 408 g/mol. The summed E-state index contributed by atoms with van der Waals surface area (Å²) in [5.41, 5.74) is 2.96. The number of rotatable bonds is 6. The van der Waals surface area contributed by atoms with Gasteiger partial charge in [-0.25, -0.2) is 0 Å². The second-order valence-corrected chi connectivity index (χ2v) is 8.26. The lowest BCUT2D eigenvalue weighted by Crippen LogP contribution is -2.52. The minimum atomic E-state index is -0.823. The fourth-order valence-electron chi connectivity index (χ4n) is 4.13. The molecule has 1 N–H and O–H groups in total. The Bertz CT molecular complexity index is 964. The van der Waals surface area contributed by atoms with Gasteiger partial charge in [-0.15, -0.1) is 0 Å². The quantitative estimate of drug-likeness (QED) is 0.794. The summed E-state index contributed by atoms with van der Waals surface area (Å²) >= 11 is 0. The molecule has 30 heavy (non-hydrogen) atoms. The van der Waals surface area contributed by atoms with Crippen molar-refractivity contribution in [3.63, 3.8) is 0 Å². The van der Waals surface area contributed by atoms with Gasteiger partial charge in [0.15, 0.2) is 11.5 Å². The highest BCUT2D eigenvalue weighted by atomic mass is 16.5. The minimum Gasteiger partial charge on any atom is -0.493 e. The van der Waals surface area contributed by atoms with Crippen molar-refractivity contribution in [2.45, 2.75) is 38.4 Å². The molecule has 0 saturated carbocycles. The zero-order valence-electron chi connectivity index (χ0n) is 18.2. The molecule has 0 radical (unpaired) electrons. The molecule has 0 aliphatic carbocycles. The molecule has 0 aromatic heterocycles. The highest BCUT2D eigenvalue weighted by molar-refractivity contribution is 5.82. The van der Waals surface area contributed by atoms with E-state index in [1.165, 1.54) is 5.56 Å². The van der Waals surface area contributed by atoms with Gasteiger partial charge in [-0.05, 0) is 56.1 Å². The van der Waals surface area contributed by atoms with E-state index >= 15 is 0 Å². The standard InChI is InChI=1S/C24H29N3O3/c1-24(2)13-17-8-6-7-9-18(17)22(27(24)3)19(14-25)23(28)26-15-16-10-11-20(29-4)21(12-16)30-5/h6-12,19,22H,13,15H2,1-5H3,(H,26,28). The van der Waals surface area contributed by atoms with Gasteiger partial charge in [0.05, 0.1) is 26.3 Å². The van der Waals surface area contributed by atoms with Crippen LogP contribution in [0, 0.1) is 17.2 Å². The van der Waals surface area contributed by atoms with Crippen LogP contribution in [0.3, 0.4) is 0 Å². The highest BCUT2D eigenvalue weighted by Crippen LogP contribution is 2.41. The SMILES string of the molecule is COc1ccc(CNC(=O)C(C#N)C2c3ccccc3CC(C)(C)N2C)cc1OC. The molecule has 2 atom stereocenters. The van der Waals surface area contributed by atoms with E-state index < -0.39 is 5.92 Å². The molecule has 0 bridgehead atoms. The number of methoxy groups -OCH3 is 2. The van der Waals surface area contributed by atoms with Gasteiger partial charge in [-0.3, -0.25) is 9.69 Å². The van der Waals surface area contributed by atoms with E-state index in [4.69, 9.17) is 9.47 Å². The Labute approximate surface area is 178 Å². The van der Waals surface area contributed by atoms with Crippen molar-refractivity contribution in [2.24, 2.45) is 5.92 Å². The van der Waals surface area contributed by atoms with Crippen molar-refractivity contribution in [3.8, 4) is 17.6 Å². The van der Waals surface area contributed by atoms with Crippen LogP contribution in [0.5, 0.6) is 11.5 Å². The number of hydrogen-bond donors (Lipinski definition) is 1. The van der Waals surface area contributed by atoms with E-state index in [0.717, 1.165) is 17.5 Å². The zero-order valence-corrected chi connectivity index (χ0v) is 18.2. The zero-order chi connectivity index (χ0) is 21.9. The third-order valence-corrected chi connectivity index (χ3v) is 6.02. The van der Waals surface area contributed by atoms with Crippen molar-refractivity contribution < 1.29 is 14.3 Å². The average Bonchev–Trinajstić information content (AvgIpc) is 2.74. The van der Waals surface area contributed by atoms with E-state index in [9.17, 15) is 10.1 Å². The lowest BCUT2D eigenvalue weighted by Gasteiger charge is -2.47. The molecule has 6 heteroatoms. The summed E-state index contributed by atoms with van der Waals surface area (Å²) in [5.74, 6) is 0.126. The first-order chi connectivity index (χ1) is 14.3. The van der Waals surface area contributed by atoms with Crippen LogP contribution in [-0.4, -0.2) is 37.6 Å². The molecule has 1 aliphatic heterocycles. The van der Waals surface area contributed by atoms with E-state index in [1.54, 1.807) is 20.3 Å². The van der Waals surface area contributed by atoms with E-state index in [0.29, 0.717) is 18.0 Å². The van der Waals surface area contributed by atoms with Gasteiger partial charge in [0.2, 0.25) is 5.91 Å². The normalized spacial score (nSPS) is 18.6. The summed E-state index contributed by atoms with van der Waals surface area (Å²) in [5, 5.41) is 12.9. The molecule has 2 unspecified atom stereocenters. The van der Waals surface area contributed by atoms with Crippen LogP contribution in [0.15, 0.2) is 42.5 Å². The lowest BCUT2D eigenvalue weighted by atomic mass is 9.77. The third-order valence-electron chi connectivity index (χ3n) is 6.02. The molecule has 0 saturated heterocycles. The van der Waals surface area contributed by atoms with Gasteiger partial charge in [-0.1, -0.05) is 30.3 Å². The summed E-state index contributed by atoms with van der Waals surface area (Å²) in [6, 6.07) is 15.5. The lowest BCUT2D eigenvalue weighted by molar-refractivity contribution is -0.126. The van der Waals surface area contributed by atoms with Gasteiger partial charge in [0.25, 0.3) is 0 Å². The maximum Gasteiger partial charge on any atom is 0.239 e. The van der Waals surface area contributed by atoms with E-state index in [2.05, 4.69) is 36.2 Å². The first kappa shape index (κ1) is 21.7. The molecular formula is C24H29N3O3. The first-order valence-corrected chi connectivity index (χ1v) is 10.0. The van der Waals surface area contributed by atoms with Gasteiger partial charge in [-0.2, -0.15) is 5.26 Å². The van der Waals surface area contributed by atoms with Crippen LogP contribution >= 0.6 is 0 Å². The van der Waals surface area contributed by atoms with Crippen molar-refractivity contribution in [2.75, 3.05) is 21.3 Å². The molecule has 2 aromatic carbocycles. The topological polar surface area (TPSA) is 74.6 Å². The van der Waals surface area contributed by atoms with Crippen molar-refractivity contribution in [1.29, 1.82) is 5.26 Å². The summed E-state index contributed by atoms with van der Waals surface area (Å²) in [6.07, 6.45) is 0.877. The Morgan fingerprint density at radius 2 is 1.93 bits per heavy atom. The highest BCUT2D eigenvalue weighted by Gasteiger charge is 2.43. The van der Waals surface area contributed by atoms with Crippen molar-refractivity contribution in [1.82, 2.24) is 10.2 Å². The Hall–Kier alpha value is -3.04. The predicted molar refractivity (Wildman–Crippen MR) is 115 cm³/mol. The maximum absolute atomic E-state index is 13.1. The fraction of sp³-hybridized carbons (Fsp3) is 0.417. The number of nitrogens with one attached hydrogen (secondary N) is 1. The smallest absolute Gasteiger partial charge is 0.239 e. The molecule has 0 spiro atoms. The summed E-state index contributed by atoms with van der Waals surface area (Å²) < 4.78 is 10.6. The predicted octanol–water partition coefficient (Wildman–Crippen LogP) is 3.47. The van der Waals surface area contributed by atoms with E-state index in [1.807, 2.05) is 37.4 Å². The van der Waals surface area contributed by atoms with Crippen molar-refractivity contribution >= 4 is 5.91 Å². The van der Waals surface area contributed by atoms with Crippen LogP contribution < -0.4 is 14.8 Å². The van der Waals surface area contributed by atoms with E-state index in [-0.39, 0.29) is 17.5 Å². The number of ether oxygens (including phenoxy) is 2. The number of fused-ring (bicyclic) bond motifs is 1. The largest absolute Gasteiger partial charge is 0.493 e. The molecule has 1 aliphatic rings. The summed E-state index contributed by atoms with van der Waals surface area (Å²) in [4.78, 5) is 15.2. The second-order valence-electron chi connectivity index (χ2n) is 8.26. The Balaban J connectivity index is 1.82. The van der Waals surface area contributed by atoms with Crippen molar-refractivity contribution in [3.05, 3.63) is 59.2 Å². The molecular weight excluding hydrogens is 378 g/mol. The Morgan fingerprint density at radius 1 is 1.23 bits per heavy atom. The number of carbonyl (C=O) groups excluding carboxylic acids is 1. The molecule has 0 fully saturated rings. The summed E-state index contributed by atoms with van der Waals surface area (Å²) in [7, 11) is 5.15. The number of amides is 1. The second kappa shape index (κ2) is 8.76. The van der Waals surface area contributed by atoms with Crippen LogP contribution in [0.2, 0.25) is 0 Å². The third kappa shape index (κ3) is 4.12. The maximum atomic E-state index is 13.1. The van der Waals surface area contributed by atoms with Crippen LogP contribution in [0.25, 0.3) is 0 Å². The number of likely N-dealkylation sites (N-methyl/N-ethyl adjacent to an activating group) is 1. The van der Waals surface area contributed by atoms with Gasteiger partial charge in [0.1, 0.15) is 5.92 Å². The molecule has 158 valence electrons. The molecule has 6 nitrogen and oxygen atoms in total. The van der Waals surface area contributed by atoms with Crippen LogP contribution in [0.4, 0.5) is 0 Å². The number of nitriles is 1. The monoisotopic (exact) mass is 407 g/mol. The van der Waals surface area contributed by atoms with Crippen LogP contribution in [-0.2, 0) is 17.8 Å². The van der Waals surface area contributed by atoms with Gasteiger partial charge in [0, 0.05) is 12.1 Å². The number of carbonyl (C=O) groups is 1. The number of hydrogen-bond acceptors (Lipinski definition) is 5. The number of benzene rings is 2. The van der Waals surface area contributed by atoms with Gasteiger partial charge >= 0.3 is 0 Å². The number of nitrogens with zero attached hydrogens (tertiary/aromatic N) is 2. The minimum absolute atomic E-state index is 0.155. The Kier molecular flexibility index (Phi) is 6.33. The molecule has 1 amide bonds.